The molecule has 0 aromatic carbocycles. The zero-order chi connectivity index (χ0) is 18.9. The molecule has 144 valence electrons. The Labute approximate surface area is 156 Å². The van der Waals surface area contributed by atoms with Crippen LogP contribution in [-0.2, 0) is 6.54 Å². The zero-order valence-corrected chi connectivity index (χ0v) is 16.6. The van der Waals surface area contributed by atoms with Crippen LogP contribution in [0.15, 0.2) is 33.9 Å². The summed E-state index contributed by atoms with van der Waals surface area (Å²) < 4.78 is 7.60. The molecule has 0 spiro atoms. The van der Waals surface area contributed by atoms with Gasteiger partial charge in [0, 0.05) is 25.3 Å². The first kappa shape index (κ1) is 20.0. The molecule has 2 N–H and O–H groups in total. The van der Waals surface area contributed by atoms with Crippen LogP contribution in [-0.4, -0.2) is 54.4 Å². The summed E-state index contributed by atoms with van der Waals surface area (Å²) in [6.45, 7) is 9.40. The van der Waals surface area contributed by atoms with Crippen molar-refractivity contribution in [1.82, 2.24) is 25.3 Å². The summed E-state index contributed by atoms with van der Waals surface area (Å²) in [5, 5.41) is 11.2. The van der Waals surface area contributed by atoms with Gasteiger partial charge in [-0.25, -0.2) is 0 Å². The van der Waals surface area contributed by atoms with Crippen molar-refractivity contribution < 1.29 is 4.42 Å². The third-order valence-corrected chi connectivity index (χ3v) is 4.20. The highest BCUT2D eigenvalue weighted by molar-refractivity contribution is 5.79. The molecule has 0 aliphatic heterocycles. The van der Waals surface area contributed by atoms with E-state index in [2.05, 4.69) is 45.2 Å². The molecule has 1 unspecified atom stereocenters. The van der Waals surface area contributed by atoms with Crippen molar-refractivity contribution in [1.29, 1.82) is 0 Å². The van der Waals surface area contributed by atoms with Crippen LogP contribution >= 0.6 is 0 Å². The molecule has 0 saturated heterocycles. The first-order chi connectivity index (χ1) is 12.5. The maximum atomic E-state index is 5.55. The van der Waals surface area contributed by atoms with Crippen LogP contribution in [0.3, 0.4) is 0 Å². The van der Waals surface area contributed by atoms with E-state index in [1.54, 1.807) is 6.26 Å². The summed E-state index contributed by atoms with van der Waals surface area (Å²) in [5.41, 5.74) is 2.27. The molecule has 2 heterocycles. The zero-order valence-electron chi connectivity index (χ0n) is 16.6. The second-order valence-electron chi connectivity index (χ2n) is 6.65. The van der Waals surface area contributed by atoms with E-state index in [0.29, 0.717) is 6.54 Å². The van der Waals surface area contributed by atoms with Gasteiger partial charge in [-0.1, -0.05) is 0 Å². The lowest BCUT2D eigenvalue weighted by Crippen LogP contribution is -2.38. The molecule has 0 amide bonds. The Kier molecular flexibility index (Phi) is 7.72. The number of furan rings is 1. The molecule has 0 aliphatic carbocycles. The van der Waals surface area contributed by atoms with Crippen LogP contribution in [0.25, 0.3) is 0 Å². The van der Waals surface area contributed by atoms with Crippen LogP contribution in [0.1, 0.15) is 36.5 Å². The summed E-state index contributed by atoms with van der Waals surface area (Å²) in [5.74, 6) is 1.76. The highest BCUT2D eigenvalue weighted by Crippen LogP contribution is 2.18. The topological polar surface area (TPSA) is 70.6 Å². The van der Waals surface area contributed by atoms with Gasteiger partial charge >= 0.3 is 0 Å². The van der Waals surface area contributed by atoms with Gasteiger partial charge in [0.25, 0.3) is 0 Å². The lowest BCUT2D eigenvalue weighted by atomic mass is 10.2. The molecule has 2 aromatic rings. The molecule has 0 bridgehead atoms. The van der Waals surface area contributed by atoms with Crippen molar-refractivity contribution >= 4 is 5.96 Å². The molecule has 0 fully saturated rings. The van der Waals surface area contributed by atoms with Crippen LogP contribution in [0, 0.1) is 13.8 Å². The van der Waals surface area contributed by atoms with Crippen molar-refractivity contribution in [3.63, 3.8) is 0 Å². The average molecular weight is 361 g/mol. The maximum Gasteiger partial charge on any atom is 0.191 e. The van der Waals surface area contributed by atoms with Crippen LogP contribution in [0.4, 0.5) is 0 Å². The summed E-state index contributed by atoms with van der Waals surface area (Å²) in [4.78, 5) is 6.85. The van der Waals surface area contributed by atoms with Gasteiger partial charge in [-0.2, -0.15) is 5.10 Å². The van der Waals surface area contributed by atoms with Crippen LogP contribution in [0.2, 0.25) is 0 Å². The monoisotopic (exact) mass is 360 g/mol. The summed E-state index contributed by atoms with van der Waals surface area (Å²) in [6, 6.07) is 6.14. The molecule has 0 radical (unpaired) electrons. The van der Waals surface area contributed by atoms with E-state index in [4.69, 9.17) is 9.41 Å². The number of rotatable bonds is 9. The third kappa shape index (κ3) is 5.91. The van der Waals surface area contributed by atoms with E-state index in [1.807, 2.05) is 33.2 Å². The Morgan fingerprint density at radius 2 is 2.15 bits per heavy atom. The van der Waals surface area contributed by atoms with E-state index in [9.17, 15) is 0 Å². The van der Waals surface area contributed by atoms with Gasteiger partial charge in [-0.3, -0.25) is 14.6 Å². The predicted molar refractivity (Wildman–Crippen MR) is 105 cm³/mol. The predicted octanol–water partition coefficient (Wildman–Crippen LogP) is 2.34. The second kappa shape index (κ2) is 10.0. The largest absolute Gasteiger partial charge is 0.468 e. The van der Waals surface area contributed by atoms with E-state index in [1.165, 1.54) is 5.69 Å². The van der Waals surface area contributed by atoms with Crippen LogP contribution < -0.4 is 10.6 Å². The minimum absolute atomic E-state index is 0.121. The van der Waals surface area contributed by atoms with Crippen molar-refractivity contribution in [2.45, 2.75) is 39.8 Å². The smallest absolute Gasteiger partial charge is 0.191 e. The van der Waals surface area contributed by atoms with Gasteiger partial charge in [-0.05, 0) is 59.5 Å². The number of likely N-dealkylation sites (N-methyl/N-ethyl adjacent to an activating group) is 1. The van der Waals surface area contributed by atoms with Crippen molar-refractivity contribution in [2.75, 3.05) is 33.7 Å². The van der Waals surface area contributed by atoms with E-state index < -0.39 is 0 Å². The first-order valence-corrected chi connectivity index (χ1v) is 9.24. The van der Waals surface area contributed by atoms with E-state index >= 15 is 0 Å². The number of hydrogen-bond donors (Lipinski definition) is 2. The van der Waals surface area contributed by atoms with Gasteiger partial charge in [0.15, 0.2) is 5.96 Å². The Hall–Kier alpha value is -2.28. The molecule has 2 rings (SSSR count). The number of nitrogens with one attached hydrogen (secondary N) is 2. The standard InChI is InChI=1S/C19H32N6O/c1-6-20-19(21-10-8-11-25-16(3)13-15(2)23-25)22-14-17(24(4)5)18-9-7-12-26-18/h7,9,12-13,17H,6,8,10-11,14H2,1-5H3,(H2,20,21,22). The molecule has 0 aliphatic rings. The second-order valence-corrected chi connectivity index (χ2v) is 6.65. The molecule has 1 atom stereocenters. The number of hydrogen-bond acceptors (Lipinski definition) is 4. The Morgan fingerprint density at radius 1 is 1.35 bits per heavy atom. The minimum atomic E-state index is 0.121. The lowest BCUT2D eigenvalue weighted by molar-refractivity contribution is 0.265. The minimum Gasteiger partial charge on any atom is -0.468 e. The van der Waals surface area contributed by atoms with Gasteiger partial charge in [0.1, 0.15) is 5.76 Å². The molecule has 7 nitrogen and oxygen atoms in total. The van der Waals surface area contributed by atoms with Gasteiger partial charge in [-0.15, -0.1) is 0 Å². The molecule has 7 heteroatoms. The fraction of sp³-hybridized carbons (Fsp3) is 0.579. The molecule has 0 saturated carbocycles. The van der Waals surface area contributed by atoms with Gasteiger partial charge < -0.3 is 15.1 Å². The van der Waals surface area contributed by atoms with Crippen molar-refractivity contribution in [3.8, 4) is 0 Å². The highest BCUT2D eigenvalue weighted by atomic mass is 16.3. The fourth-order valence-electron chi connectivity index (χ4n) is 2.85. The fourth-order valence-corrected chi connectivity index (χ4v) is 2.85. The lowest BCUT2D eigenvalue weighted by Gasteiger charge is -2.21. The number of guanidine groups is 1. The maximum absolute atomic E-state index is 5.55. The summed E-state index contributed by atoms with van der Waals surface area (Å²) in [7, 11) is 4.08. The Bertz CT molecular complexity index is 674. The third-order valence-electron chi connectivity index (χ3n) is 4.20. The number of aryl methyl sites for hydroxylation is 3. The number of aliphatic imine (C=N–C) groups is 1. The van der Waals surface area contributed by atoms with Gasteiger partial charge in [0.2, 0.25) is 0 Å². The first-order valence-electron chi connectivity index (χ1n) is 9.24. The van der Waals surface area contributed by atoms with Crippen molar-refractivity contribution in [3.05, 3.63) is 41.6 Å². The van der Waals surface area contributed by atoms with E-state index in [-0.39, 0.29) is 6.04 Å². The number of nitrogens with zero attached hydrogens (tertiary/aromatic N) is 4. The molecule has 26 heavy (non-hydrogen) atoms. The van der Waals surface area contributed by atoms with E-state index in [0.717, 1.165) is 43.5 Å². The normalized spacial score (nSPS) is 13.2. The Balaban J connectivity index is 1.86. The Morgan fingerprint density at radius 3 is 2.73 bits per heavy atom. The summed E-state index contributed by atoms with van der Waals surface area (Å²) >= 11 is 0. The average Bonchev–Trinajstić information content (AvgIpc) is 3.21. The molecule has 2 aromatic heterocycles. The van der Waals surface area contributed by atoms with Crippen molar-refractivity contribution in [2.24, 2.45) is 4.99 Å². The highest BCUT2D eigenvalue weighted by Gasteiger charge is 2.16. The van der Waals surface area contributed by atoms with Gasteiger partial charge in [0.05, 0.1) is 24.5 Å². The molecular weight excluding hydrogens is 328 g/mol. The molecular formula is C19H32N6O. The summed E-state index contributed by atoms with van der Waals surface area (Å²) in [6.07, 6.45) is 2.69. The SMILES string of the molecule is CCNC(=NCC(c1ccco1)N(C)C)NCCCn1nc(C)cc1C. The number of aromatic nitrogens is 2. The quantitative estimate of drug-likeness (QED) is 0.408. The van der Waals surface area contributed by atoms with Crippen LogP contribution in [0.5, 0.6) is 0 Å².